The number of anilines is 1. The van der Waals surface area contributed by atoms with Crippen molar-refractivity contribution in [1.29, 1.82) is 0 Å². The lowest BCUT2D eigenvalue weighted by molar-refractivity contribution is 0.174. The van der Waals surface area contributed by atoms with Crippen LogP contribution in [0.1, 0.15) is 0 Å². The fourth-order valence-electron chi connectivity index (χ4n) is 1.47. The second-order valence-electron chi connectivity index (χ2n) is 3.23. The highest BCUT2D eigenvalue weighted by Gasteiger charge is 2.15. The van der Waals surface area contributed by atoms with Crippen LogP contribution in [0.2, 0.25) is 0 Å². The third-order valence-corrected chi connectivity index (χ3v) is 3.25. The number of rotatable bonds is 2. The lowest BCUT2D eigenvalue weighted by Crippen LogP contribution is -1.92. The summed E-state index contributed by atoms with van der Waals surface area (Å²) in [6.45, 7) is 0.288. The van der Waals surface area contributed by atoms with Gasteiger partial charge >= 0.3 is 0 Å². The Morgan fingerprint density at radius 2 is 2.12 bits per heavy atom. The lowest BCUT2D eigenvalue weighted by atomic mass is 10.2. The second kappa shape index (κ2) is 3.64. The molecule has 1 aromatic carbocycles. The normalized spacial score (nSPS) is 12.8. The molecule has 0 bridgehead atoms. The van der Waals surface area contributed by atoms with Gasteiger partial charge in [-0.15, -0.1) is 10.2 Å². The van der Waals surface area contributed by atoms with Gasteiger partial charge in [0.15, 0.2) is 11.5 Å². The molecule has 6 heteroatoms. The van der Waals surface area contributed by atoms with Crippen molar-refractivity contribution >= 4 is 16.5 Å². The molecule has 0 fully saturated rings. The third kappa shape index (κ3) is 1.47. The Balaban J connectivity index is 2.00. The van der Waals surface area contributed by atoms with Crippen molar-refractivity contribution in [3.63, 3.8) is 0 Å². The van der Waals surface area contributed by atoms with Crippen LogP contribution < -0.4 is 14.8 Å². The minimum absolute atomic E-state index is 0.288. The minimum Gasteiger partial charge on any atom is -0.454 e. The summed E-state index contributed by atoms with van der Waals surface area (Å²) >= 11 is 1.50. The maximum Gasteiger partial charge on any atom is 0.231 e. The summed E-state index contributed by atoms with van der Waals surface area (Å²) in [6, 6.07) is 5.76. The standard InChI is InChI=1S/C10H9N3O2S/c1-11-10-13-12-9(16-10)6-2-3-7-8(4-6)15-5-14-7/h2-4H,5H2,1H3,(H,11,13). The number of fused-ring (bicyclic) bond motifs is 1. The maximum absolute atomic E-state index is 5.31. The Morgan fingerprint density at radius 1 is 1.25 bits per heavy atom. The molecule has 16 heavy (non-hydrogen) atoms. The smallest absolute Gasteiger partial charge is 0.231 e. The molecule has 0 saturated carbocycles. The molecule has 5 nitrogen and oxygen atoms in total. The number of nitrogens with one attached hydrogen (secondary N) is 1. The number of hydrogen-bond acceptors (Lipinski definition) is 6. The molecule has 1 aliphatic heterocycles. The summed E-state index contributed by atoms with van der Waals surface area (Å²) < 4.78 is 10.6. The predicted octanol–water partition coefficient (Wildman–Crippen LogP) is 1.98. The molecule has 0 aliphatic carbocycles. The van der Waals surface area contributed by atoms with E-state index < -0.39 is 0 Å². The Morgan fingerprint density at radius 3 is 2.94 bits per heavy atom. The Hall–Kier alpha value is -1.82. The highest BCUT2D eigenvalue weighted by atomic mass is 32.1. The fourth-order valence-corrected chi connectivity index (χ4v) is 2.16. The van der Waals surface area contributed by atoms with E-state index in [1.807, 2.05) is 25.2 Å². The molecule has 2 heterocycles. The van der Waals surface area contributed by atoms with Gasteiger partial charge in [0.05, 0.1) is 0 Å². The summed E-state index contributed by atoms with van der Waals surface area (Å²) in [7, 11) is 1.82. The van der Waals surface area contributed by atoms with E-state index in [2.05, 4.69) is 15.5 Å². The SMILES string of the molecule is CNc1nnc(-c2ccc3c(c2)OCO3)s1. The van der Waals surface area contributed by atoms with Crippen molar-refractivity contribution < 1.29 is 9.47 Å². The number of benzene rings is 1. The first-order valence-corrected chi connectivity index (χ1v) is 5.60. The molecule has 0 atom stereocenters. The number of hydrogen-bond donors (Lipinski definition) is 1. The number of nitrogens with zero attached hydrogens (tertiary/aromatic N) is 2. The Kier molecular flexibility index (Phi) is 2.14. The molecule has 0 saturated heterocycles. The lowest BCUT2D eigenvalue weighted by Gasteiger charge is -1.98. The summed E-state index contributed by atoms with van der Waals surface area (Å²) in [5.41, 5.74) is 0.989. The van der Waals surface area contributed by atoms with E-state index >= 15 is 0 Å². The van der Waals surface area contributed by atoms with Crippen LogP contribution in [-0.2, 0) is 0 Å². The van der Waals surface area contributed by atoms with Gasteiger partial charge in [-0.25, -0.2) is 0 Å². The van der Waals surface area contributed by atoms with Gasteiger partial charge in [0, 0.05) is 12.6 Å². The first-order chi connectivity index (χ1) is 7.86. The zero-order valence-corrected chi connectivity index (χ0v) is 9.37. The van der Waals surface area contributed by atoms with Gasteiger partial charge < -0.3 is 14.8 Å². The number of aromatic nitrogens is 2. The van der Waals surface area contributed by atoms with Crippen LogP contribution in [0.4, 0.5) is 5.13 Å². The van der Waals surface area contributed by atoms with Gasteiger partial charge in [0.25, 0.3) is 0 Å². The highest BCUT2D eigenvalue weighted by Crippen LogP contribution is 2.37. The van der Waals surface area contributed by atoms with E-state index in [4.69, 9.17) is 9.47 Å². The first-order valence-electron chi connectivity index (χ1n) is 4.78. The predicted molar refractivity (Wildman–Crippen MR) is 61.0 cm³/mol. The molecular formula is C10H9N3O2S. The molecule has 0 unspecified atom stereocenters. The van der Waals surface area contributed by atoms with Gasteiger partial charge in [0.1, 0.15) is 5.01 Å². The second-order valence-corrected chi connectivity index (χ2v) is 4.21. The zero-order chi connectivity index (χ0) is 11.0. The first kappa shape index (κ1) is 9.41. The van der Waals surface area contributed by atoms with Crippen LogP contribution in [0.15, 0.2) is 18.2 Å². The topological polar surface area (TPSA) is 56.3 Å². The molecule has 1 aliphatic rings. The maximum atomic E-state index is 5.31. The molecule has 1 aromatic heterocycles. The third-order valence-electron chi connectivity index (χ3n) is 2.26. The molecule has 0 spiro atoms. The van der Waals surface area contributed by atoms with E-state index in [0.29, 0.717) is 0 Å². The quantitative estimate of drug-likeness (QED) is 0.862. The van der Waals surface area contributed by atoms with Crippen molar-refractivity contribution in [3.8, 4) is 22.1 Å². The molecular weight excluding hydrogens is 226 g/mol. The van der Waals surface area contributed by atoms with Crippen molar-refractivity contribution in [2.75, 3.05) is 19.2 Å². The van der Waals surface area contributed by atoms with Gasteiger partial charge in [-0.05, 0) is 18.2 Å². The average Bonchev–Trinajstić information content (AvgIpc) is 2.96. The summed E-state index contributed by atoms with van der Waals surface area (Å²) in [5, 5.41) is 12.7. The van der Waals surface area contributed by atoms with Crippen LogP contribution in [0.5, 0.6) is 11.5 Å². The van der Waals surface area contributed by atoms with Crippen molar-refractivity contribution in [2.24, 2.45) is 0 Å². The molecule has 1 N–H and O–H groups in total. The van der Waals surface area contributed by atoms with E-state index in [9.17, 15) is 0 Å². The van der Waals surface area contributed by atoms with Crippen LogP contribution in [-0.4, -0.2) is 24.0 Å². The van der Waals surface area contributed by atoms with E-state index in [0.717, 1.165) is 27.2 Å². The van der Waals surface area contributed by atoms with Gasteiger partial charge in [-0.2, -0.15) is 0 Å². The van der Waals surface area contributed by atoms with Crippen molar-refractivity contribution in [1.82, 2.24) is 10.2 Å². The monoisotopic (exact) mass is 235 g/mol. The van der Waals surface area contributed by atoms with E-state index in [-0.39, 0.29) is 6.79 Å². The number of ether oxygens (including phenoxy) is 2. The molecule has 3 rings (SSSR count). The molecule has 0 radical (unpaired) electrons. The fraction of sp³-hybridized carbons (Fsp3) is 0.200. The van der Waals surface area contributed by atoms with E-state index in [1.165, 1.54) is 11.3 Å². The zero-order valence-electron chi connectivity index (χ0n) is 8.56. The van der Waals surface area contributed by atoms with Crippen LogP contribution in [0.25, 0.3) is 10.6 Å². The minimum atomic E-state index is 0.288. The Labute approximate surface area is 96.0 Å². The highest BCUT2D eigenvalue weighted by molar-refractivity contribution is 7.18. The van der Waals surface area contributed by atoms with Crippen LogP contribution in [0.3, 0.4) is 0 Å². The largest absolute Gasteiger partial charge is 0.454 e. The van der Waals surface area contributed by atoms with Crippen LogP contribution >= 0.6 is 11.3 Å². The van der Waals surface area contributed by atoms with Crippen molar-refractivity contribution in [2.45, 2.75) is 0 Å². The van der Waals surface area contributed by atoms with Gasteiger partial charge in [0.2, 0.25) is 11.9 Å². The summed E-state index contributed by atoms with van der Waals surface area (Å²) in [6.07, 6.45) is 0. The van der Waals surface area contributed by atoms with E-state index in [1.54, 1.807) is 0 Å². The van der Waals surface area contributed by atoms with Gasteiger partial charge in [-0.1, -0.05) is 11.3 Å². The molecule has 2 aromatic rings. The average molecular weight is 235 g/mol. The van der Waals surface area contributed by atoms with Gasteiger partial charge in [-0.3, -0.25) is 0 Å². The van der Waals surface area contributed by atoms with Crippen LogP contribution in [0, 0.1) is 0 Å². The summed E-state index contributed by atoms with van der Waals surface area (Å²) in [4.78, 5) is 0. The van der Waals surface area contributed by atoms with Crippen molar-refractivity contribution in [3.05, 3.63) is 18.2 Å². The molecule has 82 valence electrons. The summed E-state index contributed by atoms with van der Waals surface area (Å²) in [5.74, 6) is 1.54. The molecule has 0 amide bonds. The Bertz CT molecular complexity index is 527.